The Morgan fingerprint density at radius 2 is 1.94 bits per heavy atom. The van der Waals surface area contributed by atoms with Gasteiger partial charge in [-0.15, -0.1) is 0 Å². The molecule has 3 nitrogen and oxygen atoms in total. The van der Waals surface area contributed by atoms with Gasteiger partial charge in [0.05, 0.1) is 18.3 Å². The van der Waals surface area contributed by atoms with Crippen LogP contribution in [0.15, 0.2) is 18.2 Å². The quantitative estimate of drug-likeness (QED) is 0.896. The van der Waals surface area contributed by atoms with E-state index in [9.17, 15) is 5.11 Å². The summed E-state index contributed by atoms with van der Waals surface area (Å²) in [7, 11) is 0. The van der Waals surface area contributed by atoms with E-state index in [1.807, 2.05) is 18.2 Å². The number of rotatable bonds is 2. The minimum Gasteiger partial charge on any atom is -0.389 e. The standard InChI is InChI=1S/C14H20ClNO2/c1-9-7-16(8-10(2)18-9)12-4-5-13(11(3)17)14(15)6-12/h4-6,9-11,17H,7-8H2,1-3H3/t9-,10+,11?. The predicted octanol–water partition coefficient (Wildman–Crippen LogP) is 3.01. The summed E-state index contributed by atoms with van der Waals surface area (Å²) in [5.41, 5.74) is 1.86. The Morgan fingerprint density at radius 1 is 1.33 bits per heavy atom. The number of nitrogens with zero attached hydrogens (tertiary/aromatic N) is 1. The van der Waals surface area contributed by atoms with Crippen LogP contribution < -0.4 is 4.90 Å². The largest absolute Gasteiger partial charge is 0.389 e. The van der Waals surface area contributed by atoms with Crippen molar-refractivity contribution in [2.24, 2.45) is 0 Å². The molecule has 2 rings (SSSR count). The molecule has 1 aliphatic rings. The van der Waals surface area contributed by atoms with Crippen LogP contribution >= 0.6 is 11.6 Å². The zero-order valence-electron chi connectivity index (χ0n) is 11.1. The lowest BCUT2D eigenvalue weighted by atomic mass is 10.1. The highest BCUT2D eigenvalue weighted by molar-refractivity contribution is 6.31. The van der Waals surface area contributed by atoms with Crippen LogP contribution in [0.25, 0.3) is 0 Å². The summed E-state index contributed by atoms with van der Waals surface area (Å²) in [5, 5.41) is 10.2. The maximum absolute atomic E-state index is 9.57. The van der Waals surface area contributed by atoms with Crippen molar-refractivity contribution in [2.75, 3.05) is 18.0 Å². The lowest BCUT2D eigenvalue weighted by Gasteiger charge is -2.37. The van der Waals surface area contributed by atoms with E-state index in [4.69, 9.17) is 16.3 Å². The van der Waals surface area contributed by atoms with Crippen LogP contribution in [-0.2, 0) is 4.74 Å². The van der Waals surface area contributed by atoms with Gasteiger partial charge in [0.25, 0.3) is 0 Å². The first-order valence-corrected chi connectivity index (χ1v) is 6.73. The molecule has 3 atom stereocenters. The summed E-state index contributed by atoms with van der Waals surface area (Å²) < 4.78 is 5.72. The number of morpholine rings is 1. The molecular formula is C14H20ClNO2. The molecule has 0 radical (unpaired) electrons. The third kappa shape index (κ3) is 2.97. The number of aliphatic hydroxyl groups is 1. The highest BCUT2D eigenvalue weighted by atomic mass is 35.5. The van der Waals surface area contributed by atoms with E-state index in [1.54, 1.807) is 6.92 Å². The van der Waals surface area contributed by atoms with Crippen molar-refractivity contribution < 1.29 is 9.84 Å². The molecule has 1 unspecified atom stereocenters. The molecule has 0 spiro atoms. The monoisotopic (exact) mass is 269 g/mol. The van der Waals surface area contributed by atoms with E-state index in [0.29, 0.717) is 5.02 Å². The number of hydrogen-bond donors (Lipinski definition) is 1. The van der Waals surface area contributed by atoms with Gasteiger partial charge in [-0.1, -0.05) is 17.7 Å². The predicted molar refractivity (Wildman–Crippen MR) is 74.3 cm³/mol. The molecule has 4 heteroatoms. The lowest BCUT2D eigenvalue weighted by Crippen LogP contribution is -2.45. The van der Waals surface area contributed by atoms with Gasteiger partial charge >= 0.3 is 0 Å². The van der Waals surface area contributed by atoms with Gasteiger partial charge in [0.2, 0.25) is 0 Å². The van der Waals surface area contributed by atoms with Crippen LogP contribution in [0, 0.1) is 0 Å². The van der Waals surface area contributed by atoms with Gasteiger partial charge in [-0.3, -0.25) is 0 Å². The summed E-state index contributed by atoms with van der Waals surface area (Å²) in [5.74, 6) is 0. The van der Waals surface area contributed by atoms with Gasteiger partial charge in [-0.05, 0) is 38.5 Å². The molecule has 1 aliphatic heterocycles. The third-order valence-electron chi connectivity index (χ3n) is 3.22. The topological polar surface area (TPSA) is 32.7 Å². The van der Waals surface area contributed by atoms with Crippen LogP contribution in [0.1, 0.15) is 32.4 Å². The zero-order chi connectivity index (χ0) is 13.3. The number of anilines is 1. The van der Waals surface area contributed by atoms with Gasteiger partial charge in [0, 0.05) is 23.8 Å². The van der Waals surface area contributed by atoms with Gasteiger partial charge in [-0.25, -0.2) is 0 Å². The van der Waals surface area contributed by atoms with Crippen molar-refractivity contribution in [2.45, 2.75) is 39.1 Å². The Kier molecular flexibility index (Phi) is 4.15. The van der Waals surface area contributed by atoms with E-state index in [0.717, 1.165) is 24.3 Å². The van der Waals surface area contributed by atoms with E-state index in [-0.39, 0.29) is 12.2 Å². The van der Waals surface area contributed by atoms with E-state index >= 15 is 0 Å². The Morgan fingerprint density at radius 3 is 2.44 bits per heavy atom. The van der Waals surface area contributed by atoms with Crippen molar-refractivity contribution in [3.05, 3.63) is 28.8 Å². The van der Waals surface area contributed by atoms with Crippen molar-refractivity contribution >= 4 is 17.3 Å². The Labute approximate surface area is 113 Å². The Balaban J connectivity index is 2.21. The first kappa shape index (κ1) is 13.7. The third-order valence-corrected chi connectivity index (χ3v) is 3.55. The molecule has 0 saturated carbocycles. The Hall–Kier alpha value is -0.770. The molecule has 1 saturated heterocycles. The van der Waals surface area contributed by atoms with Crippen LogP contribution in [0.5, 0.6) is 0 Å². The summed E-state index contributed by atoms with van der Waals surface area (Å²) in [6.07, 6.45) is -0.0815. The molecule has 18 heavy (non-hydrogen) atoms. The second-order valence-electron chi connectivity index (χ2n) is 5.04. The molecule has 100 valence electrons. The fourth-order valence-corrected chi connectivity index (χ4v) is 2.77. The fraction of sp³-hybridized carbons (Fsp3) is 0.571. The summed E-state index contributed by atoms with van der Waals surface area (Å²) in [6.45, 7) is 7.62. The normalized spacial score (nSPS) is 26.2. The molecule has 1 fully saturated rings. The number of ether oxygens (including phenoxy) is 1. The highest BCUT2D eigenvalue weighted by Crippen LogP contribution is 2.29. The number of benzene rings is 1. The van der Waals surface area contributed by atoms with E-state index in [1.165, 1.54) is 0 Å². The Bertz CT molecular complexity index is 412. The van der Waals surface area contributed by atoms with Crippen molar-refractivity contribution in [3.8, 4) is 0 Å². The van der Waals surface area contributed by atoms with E-state index in [2.05, 4.69) is 18.7 Å². The van der Waals surface area contributed by atoms with Gasteiger partial charge in [0.1, 0.15) is 0 Å². The maximum Gasteiger partial charge on any atom is 0.0776 e. The van der Waals surface area contributed by atoms with E-state index < -0.39 is 6.10 Å². The maximum atomic E-state index is 9.57. The van der Waals surface area contributed by atoms with Crippen molar-refractivity contribution in [3.63, 3.8) is 0 Å². The summed E-state index contributed by atoms with van der Waals surface area (Å²) in [4.78, 5) is 2.27. The van der Waals surface area contributed by atoms with Gasteiger partial charge < -0.3 is 14.7 Å². The van der Waals surface area contributed by atoms with Crippen LogP contribution in [0.3, 0.4) is 0 Å². The fourth-order valence-electron chi connectivity index (χ4n) is 2.44. The van der Waals surface area contributed by atoms with Crippen LogP contribution in [-0.4, -0.2) is 30.4 Å². The first-order chi connectivity index (χ1) is 8.47. The number of halogens is 1. The molecular weight excluding hydrogens is 250 g/mol. The van der Waals surface area contributed by atoms with Crippen molar-refractivity contribution in [1.29, 1.82) is 0 Å². The molecule has 1 heterocycles. The number of hydrogen-bond acceptors (Lipinski definition) is 3. The number of aliphatic hydroxyl groups excluding tert-OH is 1. The molecule has 0 amide bonds. The smallest absolute Gasteiger partial charge is 0.0776 e. The zero-order valence-corrected chi connectivity index (χ0v) is 11.8. The molecule has 1 aromatic carbocycles. The summed E-state index contributed by atoms with van der Waals surface area (Å²) in [6, 6.07) is 5.83. The van der Waals surface area contributed by atoms with Crippen molar-refractivity contribution in [1.82, 2.24) is 0 Å². The average Bonchev–Trinajstić information content (AvgIpc) is 2.26. The molecule has 1 aromatic rings. The second kappa shape index (κ2) is 5.47. The SMILES string of the molecule is CC(O)c1ccc(N2C[C@@H](C)O[C@@H](C)C2)cc1Cl. The highest BCUT2D eigenvalue weighted by Gasteiger charge is 2.22. The van der Waals surface area contributed by atoms with Crippen LogP contribution in [0.2, 0.25) is 5.02 Å². The van der Waals surface area contributed by atoms with Gasteiger partial charge in [-0.2, -0.15) is 0 Å². The second-order valence-corrected chi connectivity index (χ2v) is 5.45. The summed E-state index contributed by atoms with van der Waals surface area (Å²) >= 11 is 6.20. The van der Waals surface area contributed by atoms with Gasteiger partial charge in [0.15, 0.2) is 0 Å². The lowest BCUT2D eigenvalue weighted by molar-refractivity contribution is -0.00522. The van der Waals surface area contributed by atoms with Crippen LogP contribution in [0.4, 0.5) is 5.69 Å². The first-order valence-electron chi connectivity index (χ1n) is 6.35. The molecule has 0 aliphatic carbocycles. The minimum atomic E-state index is -0.533. The molecule has 1 N–H and O–H groups in total. The molecule has 0 aromatic heterocycles. The minimum absolute atomic E-state index is 0.226. The average molecular weight is 270 g/mol. The molecule has 0 bridgehead atoms.